The number of fused-ring (bicyclic) bond motifs is 1. The Bertz CT molecular complexity index is 620. The van der Waals surface area contributed by atoms with Gasteiger partial charge in [0.2, 0.25) is 0 Å². The van der Waals surface area contributed by atoms with E-state index in [1.807, 2.05) is 27.7 Å². The van der Waals surface area contributed by atoms with Crippen LogP contribution >= 0.6 is 11.3 Å². The number of amides is 1. The summed E-state index contributed by atoms with van der Waals surface area (Å²) < 4.78 is 6.20. The van der Waals surface area contributed by atoms with E-state index in [1.54, 1.807) is 0 Å². The lowest BCUT2D eigenvalue weighted by molar-refractivity contribution is -0.135. The monoisotopic (exact) mass is 354 g/mol. The van der Waals surface area contributed by atoms with Gasteiger partial charge >= 0.3 is 0 Å². The van der Waals surface area contributed by atoms with Crippen LogP contribution < -0.4 is 11.1 Å². The van der Waals surface area contributed by atoms with Crippen LogP contribution in [0.4, 0.5) is 5.00 Å². The van der Waals surface area contributed by atoms with Gasteiger partial charge in [0.15, 0.2) is 0 Å². The molecule has 6 heteroatoms. The van der Waals surface area contributed by atoms with Crippen LogP contribution in [0.25, 0.3) is 0 Å². The number of carbonyl (C=O) groups excluding carboxylic acids is 1. The number of primary amides is 1. The molecule has 2 rings (SSSR count). The molecule has 5 nitrogen and oxygen atoms in total. The van der Waals surface area contributed by atoms with E-state index >= 15 is 0 Å². The van der Waals surface area contributed by atoms with Gasteiger partial charge in [-0.2, -0.15) is 0 Å². The van der Waals surface area contributed by atoms with Gasteiger partial charge in [0.25, 0.3) is 5.91 Å². The summed E-state index contributed by atoms with van der Waals surface area (Å²) >= 11 is 1.51. The molecule has 1 unspecified atom stereocenters. The number of ether oxygens (including phenoxy) is 1. The second-order valence-corrected chi connectivity index (χ2v) is 9.21. The Hall–Kier alpha value is -1.11. The molecule has 1 atom stereocenters. The van der Waals surface area contributed by atoms with Crippen molar-refractivity contribution in [3.8, 4) is 0 Å². The first kappa shape index (κ1) is 19.2. The van der Waals surface area contributed by atoms with Crippen LogP contribution in [0.15, 0.2) is 0 Å². The van der Waals surface area contributed by atoms with Crippen LogP contribution in [-0.2, 0) is 16.8 Å². The Morgan fingerprint density at radius 2 is 2.00 bits per heavy atom. The number of rotatable bonds is 6. The van der Waals surface area contributed by atoms with Gasteiger partial charge in [0.05, 0.1) is 22.9 Å². The normalized spacial score (nSPS) is 19.8. The van der Waals surface area contributed by atoms with E-state index in [9.17, 15) is 9.90 Å². The van der Waals surface area contributed by atoms with E-state index in [-0.39, 0.29) is 5.60 Å². The molecule has 0 saturated heterocycles. The molecule has 0 radical (unpaired) electrons. The van der Waals surface area contributed by atoms with E-state index in [0.29, 0.717) is 30.9 Å². The first-order valence-corrected chi connectivity index (χ1v) is 9.32. The molecule has 1 aliphatic heterocycles. The fourth-order valence-electron chi connectivity index (χ4n) is 3.54. The predicted molar refractivity (Wildman–Crippen MR) is 98.7 cm³/mol. The quantitative estimate of drug-likeness (QED) is 0.732. The minimum atomic E-state index is -0.470. The number of carbonyl (C=O) groups is 1. The van der Waals surface area contributed by atoms with Crippen molar-refractivity contribution >= 4 is 22.2 Å². The third kappa shape index (κ3) is 4.10. The minimum Gasteiger partial charge on any atom is -0.391 e. The van der Waals surface area contributed by atoms with E-state index in [2.05, 4.69) is 19.2 Å². The number of anilines is 1. The highest BCUT2D eigenvalue weighted by atomic mass is 32.1. The number of hydrogen-bond acceptors (Lipinski definition) is 5. The highest BCUT2D eigenvalue weighted by Gasteiger charge is 2.42. The Balaban J connectivity index is 2.34. The average molecular weight is 355 g/mol. The Morgan fingerprint density at radius 1 is 1.38 bits per heavy atom. The maximum Gasteiger partial charge on any atom is 0.251 e. The fraction of sp³-hybridized carbons (Fsp3) is 0.722. The number of hydrogen-bond donors (Lipinski definition) is 3. The van der Waals surface area contributed by atoms with Gasteiger partial charge in [-0.1, -0.05) is 13.8 Å². The zero-order valence-electron chi connectivity index (χ0n) is 15.5. The maximum atomic E-state index is 12.1. The Morgan fingerprint density at radius 3 is 2.54 bits per heavy atom. The van der Waals surface area contributed by atoms with Crippen LogP contribution in [0.5, 0.6) is 0 Å². The lowest BCUT2D eigenvalue weighted by atomic mass is 9.86. The van der Waals surface area contributed by atoms with Crippen LogP contribution in [-0.4, -0.2) is 29.3 Å². The van der Waals surface area contributed by atoms with Crippen molar-refractivity contribution in [2.45, 2.75) is 71.7 Å². The van der Waals surface area contributed by atoms with Crippen LogP contribution in [0.2, 0.25) is 0 Å². The number of aliphatic hydroxyl groups is 1. The van der Waals surface area contributed by atoms with Crippen molar-refractivity contribution in [1.29, 1.82) is 0 Å². The number of nitrogens with one attached hydrogen (secondary N) is 1. The number of thiophene rings is 1. The molecule has 0 saturated carbocycles. The molecular formula is C18H30N2O3S. The molecule has 1 aromatic heterocycles. The molecule has 24 heavy (non-hydrogen) atoms. The molecule has 2 heterocycles. The molecule has 0 spiro atoms. The average Bonchev–Trinajstić information content (AvgIpc) is 2.72. The summed E-state index contributed by atoms with van der Waals surface area (Å²) in [5.41, 5.74) is 6.38. The third-order valence-corrected chi connectivity index (χ3v) is 5.67. The number of aliphatic hydroxyl groups excluding tert-OH is 1. The van der Waals surface area contributed by atoms with Crippen molar-refractivity contribution in [1.82, 2.24) is 0 Å². The molecule has 4 N–H and O–H groups in total. The van der Waals surface area contributed by atoms with Gasteiger partial charge in [-0.3, -0.25) is 4.79 Å². The Kier molecular flexibility index (Phi) is 5.33. The van der Waals surface area contributed by atoms with Gasteiger partial charge in [-0.05, 0) is 45.6 Å². The topological polar surface area (TPSA) is 84.6 Å². The van der Waals surface area contributed by atoms with Crippen molar-refractivity contribution < 1.29 is 14.6 Å². The summed E-state index contributed by atoms with van der Waals surface area (Å²) in [6, 6.07) is 0. The first-order chi connectivity index (χ1) is 10.9. The molecule has 1 aliphatic rings. The molecule has 1 aromatic rings. The summed E-state index contributed by atoms with van der Waals surface area (Å²) in [7, 11) is 0. The smallest absolute Gasteiger partial charge is 0.251 e. The molecular weight excluding hydrogens is 324 g/mol. The van der Waals surface area contributed by atoms with Gasteiger partial charge in [0.1, 0.15) is 5.00 Å². The van der Waals surface area contributed by atoms with Crippen LogP contribution in [0.1, 0.15) is 68.8 Å². The second kappa shape index (κ2) is 6.65. The highest BCUT2D eigenvalue weighted by molar-refractivity contribution is 7.17. The summed E-state index contributed by atoms with van der Waals surface area (Å²) in [6.45, 7) is 12.6. The van der Waals surface area contributed by atoms with Gasteiger partial charge in [0, 0.05) is 17.8 Å². The lowest BCUT2D eigenvalue weighted by Crippen LogP contribution is -2.42. The molecule has 0 aliphatic carbocycles. The zero-order chi connectivity index (χ0) is 18.3. The highest BCUT2D eigenvalue weighted by Crippen LogP contribution is 2.48. The SMILES string of the molecule is CC(C)CC(O)CNc1sc2c(c1C(N)=O)CC(C)(C)OC2(C)C. The predicted octanol–water partition coefficient (Wildman–Crippen LogP) is 3.25. The van der Waals surface area contributed by atoms with Crippen molar-refractivity contribution in [3.05, 3.63) is 16.0 Å². The van der Waals surface area contributed by atoms with E-state index in [4.69, 9.17) is 10.5 Å². The van der Waals surface area contributed by atoms with Crippen molar-refractivity contribution in [2.24, 2.45) is 11.7 Å². The zero-order valence-corrected chi connectivity index (χ0v) is 16.3. The van der Waals surface area contributed by atoms with Gasteiger partial charge in [-0.15, -0.1) is 11.3 Å². The van der Waals surface area contributed by atoms with Crippen molar-refractivity contribution in [3.63, 3.8) is 0 Å². The van der Waals surface area contributed by atoms with E-state index in [0.717, 1.165) is 15.4 Å². The standard InChI is InChI=1S/C18H30N2O3S/c1-10(2)7-11(21)9-20-16-13(15(19)22)12-8-17(3,4)23-18(5,6)14(12)24-16/h10-11,20-21H,7-9H2,1-6H3,(H2,19,22). The molecule has 0 fully saturated rings. The number of nitrogens with two attached hydrogens (primary N) is 1. The van der Waals surface area contributed by atoms with Crippen molar-refractivity contribution in [2.75, 3.05) is 11.9 Å². The Labute approximate surface area is 148 Å². The summed E-state index contributed by atoms with van der Waals surface area (Å²) in [4.78, 5) is 13.1. The molecule has 1 amide bonds. The third-order valence-electron chi connectivity index (χ3n) is 4.18. The largest absolute Gasteiger partial charge is 0.391 e. The fourth-order valence-corrected chi connectivity index (χ4v) is 4.81. The maximum absolute atomic E-state index is 12.1. The molecule has 0 aromatic carbocycles. The molecule has 136 valence electrons. The summed E-state index contributed by atoms with van der Waals surface area (Å²) in [5.74, 6) is -0.0102. The van der Waals surface area contributed by atoms with E-state index < -0.39 is 17.6 Å². The van der Waals surface area contributed by atoms with Gasteiger partial charge in [-0.25, -0.2) is 0 Å². The second-order valence-electron chi connectivity index (χ2n) is 8.19. The van der Waals surface area contributed by atoms with E-state index in [1.165, 1.54) is 11.3 Å². The summed E-state index contributed by atoms with van der Waals surface area (Å²) in [6.07, 6.45) is 0.910. The minimum absolute atomic E-state index is 0.351. The first-order valence-electron chi connectivity index (χ1n) is 8.51. The summed E-state index contributed by atoms with van der Waals surface area (Å²) in [5, 5.41) is 14.1. The van der Waals surface area contributed by atoms with Gasteiger partial charge < -0.3 is 20.9 Å². The van der Waals surface area contributed by atoms with Crippen LogP contribution in [0.3, 0.4) is 0 Å². The molecule has 0 bridgehead atoms. The lowest BCUT2D eigenvalue weighted by Gasteiger charge is -2.41. The van der Waals surface area contributed by atoms with Crippen LogP contribution in [0, 0.1) is 5.92 Å².